The Morgan fingerprint density at radius 3 is 2.12 bits per heavy atom. The minimum Gasteiger partial charge on any atom is -0.312 e. The first-order chi connectivity index (χ1) is 7.96. The number of rotatable bonds is 1. The topological polar surface area (TPSA) is 49.4 Å². The molecule has 2 saturated heterocycles. The van der Waals surface area contributed by atoms with Crippen LogP contribution in [0, 0.1) is 0 Å². The molecule has 2 rings (SSSR count). The highest BCUT2D eigenvalue weighted by atomic mass is 32.2. The summed E-state index contributed by atoms with van der Waals surface area (Å²) in [5.41, 5.74) is 0. The van der Waals surface area contributed by atoms with Crippen LogP contribution in [0.4, 0.5) is 0 Å². The summed E-state index contributed by atoms with van der Waals surface area (Å²) in [6, 6.07) is 1.34. The monoisotopic (exact) mass is 260 g/mol. The standard InChI is InChI=1S/C12H24N2O2S/c1-10-3-6-14(7-4-11(2)13-10)12-5-8-17(15,16)9-12/h10-13H,3-9H2,1-2H3. The summed E-state index contributed by atoms with van der Waals surface area (Å²) >= 11 is 0. The molecule has 0 aromatic heterocycles. The molecule has 17 heavy (non-hydrogen) atoms. The average Bonchev–Trinajstić information content (AvgIpc) is 2.56. The molecule has 0 aliphatic carbocycles. The first-order valence-corrected chi connectivity index (χ1v) is 8.49. The third-order valence-corrected chi connectivity index (χ3v) is 5.74. The molecule has 0 spiro atoms. The van der Waals surface area contributed by atoms with Gasteiger partial charge in [0.2, 0.25) is 0 Å². The van der Waals surface area contributed by atoms with E-state index in [2.05, 4.69) is 24.1 Å². The van der Waals surface area contributed by atoms with Crippen LogP contribution >= 0.6 is 0 Å². The molecule has 4 nitrogen and oxygen atoms in total. The Morgan fingerprint density at radius 2 is 1.65 bits per heavy atom. The van der Waals surface area contributed by atoms with Gasteiger partial charge in [-0.2, -0.15) is 0 Å². The average molecular weight is 260 g/mol. The maximum Gasteiger partial charge on any atom is 0.151 e. The van der Waals surface area contributed by atoms with Crippen molar-refractivity contribution in [2.75, 3.05) is 24.6 Å². The van der Waals surface area contributed by atoms with Crippen molar-refractivity contribution in [3.05, 3.63) is 0 Å². The van der Waals surface area contributed by atoms with Crippen molar-refractivity contribution in [1.82, 2.24) is 10.2 Å². The van der Waals surface area contributed by atoms with Crippen LogP contribution in [0.5, 0.6) is 0 Å². The van der Waals surface area contributed by atoms with Gasteiger partial charge >= 0.3 is 0 Å². The Kier molecular flexibility index (Phi) is 4.10. The molecule has 5 heteroatoms. The first-order valence-electron chi connectivity index (χ1n) is 6.67. The van der Waals surface area contributed by atoms with E-state index in [1.54, 1.807) is 0 Å². The molecule has 0 saturated carbocycles. The van der Waals surface area contributed by atoms with Crippen LogP contribution in [0.3, 0.4) is 0 Å². The third kappa shape index (κ3) is 3.66. The van der Waals surface area contributed by atoms with Gasteiger partial charge in [-0.3, -0.25) is 4.90 Å². The summed E-state index contributed by atoms with van der Waals surface area (Å²) in [7, 11) is -2.75. The van der Waals surface area contributed by atoms with Crippen molar-refractivity contribution in [2.45, 2.75) is 51.2 Å². The SMILES string of the molecule is CC1CCN(C2CCS(=O)(=O)C2)CCC(C)N1. The minimum absolute atomic E-state index is 0.275. The summed E-state index contributed by atoms with van der Waals surface area (Å²) in [4.78, 5) is 2.40. The predicted octanol–water partition coefficient (Wildman–Crippen LogP) is 0.636. The maximum atomic E-state index is 11.5. The summed E-state index contributed by atoms with van der Waals surface area (Å²) in [5, 5.41) is 3.56. The van der Waals surface area contributed by atoms with E-state index >= 15 is 0 Å². The molecule has 2 fully saturated rings. The molecule has 2 heterocycles. The van der Waals surface area contributed by atoms with Gasteiger partial charge in [-0.05, 0) is 46.2 Å². The van der Waals surface area contributed by atoms with Crippen LogP contribution in [0.1, 0.15) is 33.1 Å². The van der Waals surface area contributed by atoms with E-state index < -0.39 is 9.84 Å². The zero-order chi connectivity index (χ0) is 12.5. The highest BCUT2D eigenvalue weighted by Crippen LogP contribution is 2.20. The van der Waals surface area contributed by atoms with Gasteiger partial charge in [-0.25, -0.2) is 8.42 Å². The molecule has 0 aromatic rings. The molecule has 2 aliphatic rings. The van der Waals surface area contributed by atoms with Crippen molar-refractivity contribution in [1.29, 1.82) is 0 Å². The van der Waals surface area contributed by atoms with Gasteiger partial charge in [-0.1, -0.05) is 0 Å². The Labute approximate surface area is 105 Å². The zero-order valence-corrected chi connectivity index (χ0v) is 11.7. The number of hydrogen-bond acceptors (Lipinski definition) is 4. The molecule has 3 atom stereocenters. The first kappa shape index (κ1) is 13.3. The van der Waals surface area contributed by atoms with Crippen LogP contribution in [-0.2, 0) is 9.84 Å². The van der Waals surface area contributed by atoms with E-state index in [1.165, 1.54) is 0 Å². The Morgan fingerprint density at radius 1 is 1.06 bits per heavy atom. The maximum absolute atomic E-state index is 11.5. The molecule has 2 aliphatic heterocycles. The van der Waals surface area contributed by atoms with Crippen LogP contribution < -0.4 is 5.32 Å². The van der Waals surface area contributed by atoms with Crippen LogP contribution in [0.2, 0.25) is 0 Å². The van der Waals surface area contributed by atoms with Gasteiger partial charge in [0.25, 0.3) is 0 Å². The van der Waals surface area contributed by atoms with Crippen LogP contribution in [0.25, 0.3) is 0 Å². The third-order valence-electron chi connectivity index (χ3n) is 3.99. The van der Waals surface area contributed by atoms with E-state index in [0.717, 1.165) is 32.4 Å². The van der Waals surface area contributed by atoms with Gasteiger partial charge < -0.3 is 5.32 Å². The summed E-state index contributed by atoms with van der Waals surface area (Å²) < 4.78 is 23.1. The Hall–Kier alpha value is -0.130. The Bertz CT molecular complexity index is 344. The second kappa shape index (κ2) is 5.24. The van der Waals surface area contributed by atoms with Gasteiger partial charge in [-0.15, -0.1) is 0 Å². The van der Waals surface area contributed by atoms with E-state index in [0.29, 0.717) is 23.6 Å². The van der Waals surface area contributed by atoms with Gasteiger partial charge in [0.1, 0.15) is 0 Å². The normalized spacial score (nSPS) is 39.8. The van der Waals surface area contributed by atoms with E-state index in [1.807, 2.05) is 0 Å². The van der Waals surface area contributed by atoms with E-state index in [4.69, 9.17) is 0 Å². The minimum atomic E-state index is -2.75. The van der Waals surface area contributed by atoms with E-state index in [-0.39, 0.29) is 6.04 Å². The smallest absolute Gasteiger partial charge is 0.151 e. The summed E-state index contributed by atoms with van der Waals surface area (Å²) in [6.45, 7) is 6.49. The fourth-order valence-electron chi connectivity index (χ4n) is 2.91. The lowest BCUT2D eigenvalue weighted by molar-refractivity contribution is 0.174. The van der Waals surface area contributed by atoms with Crippen molar-refractivity contribution in [3.8, 4) is 0 Å². The molecule has 0 aromatic carbocycles. The van der Waals surface area contributed by atoms with Crippen molar-refractivity contribution in [3.63, 3.8) is 0 Å². The fourth-order valence-corrected chi connectivity index (χ4v) is 4.67. The quantitative estimate of drug-likeness (QED) is 0.751. The molecule has 100 valence electrons. The molecular weight excluding hydrogens is 236 g/mol. The summed E-state index contributed by atoms with van der Waals surface area (Å²) in [5.74, 6) is 0.765. The van der Waals surface area contributed by atoms with Crippen molar-refractivity contribution < 1.29 is 8.42 Å². The largest absolute Gasteiger partial charge is 0.312 e. The number of hydrogen-bond donors (Lipinski definition) is 1. The highest BCUT2D eigenvalue weighted by molar-refractivity contribution is 7.91. The molecule has 0 radical (unpaired) electrons. The molecule has 1 N–H and O–H groups in total. The van der Waals surface area contributed by atoms with Gasteiger partial charge in [0.05, 0.1) is 11.5 Å². The van der Waals surface area contributed by atoms with Crippen molar-refractivity contribution >= 4 is 9.84 Å². The molecular formula is C12H24N2O2S. The van der Waals surface area contributed by atoms with Crippen LogP contribution in [-0.4, -0.2) is 56.0 Å². The second-order valence-electron chi connectivity index (χ2n) is 5.64. The van der Waals surface area contributed by atoms with Crippen molar-refractivity contribution in [2.24, 2.45) is 0 Å². The Balaban J connectivity index is 1.96. The van der Waals surface area contributed by atoms with Crippen LogP contribution in [0.15, 0.2) is 0 Å². The lowest BCUT2D eigenvalue weighted by Crippen LogP contribution is -2.46. The van der Waals surface area contributed by atoms with E-state index in [9.17, 15) is 8.42 Å². The predicted molar refractivity (Wildman–Crippen MR) is 69.9 cm³/mol. The second-order valence-corrected chi connectivity index (χ2v) is 7.87. The number of nitrogens with zero attached hydrogens (tertiary/aromatic N) is 1. The summed E-state index contributed by atoms with van der Waals surface area (Å²) in [6.07, 6.45) is 3.06. The number of sulfone groups is 1. The zero-order valence-electron chi connectivity index (χ0n) is 10.9. The highest BCUT2D eigenvalue weighted by Gasteiger charge is 2.32. The molecule has 0 bridgehead atoms. The molecule has 3 unspecified atom stereocenters. The fraction of sp³-hybridized carbons (Fsp3) is 1.00. The van der Waals surface area contributed by atoms with Gasteiger partial charge in [0, 0.05) is 18.1 Å². The number of nitrogens with one attached hydrogen (secondary N) is 1. The lowest BCUT2D eigenvalue weighted by atomic mass is 10.1. The van der Waals surface area contributed by atoms with Gasteiger partial charge in [0.15, 0.2) is 9.84 Å². The lowest BCUT2D eigenvalue weighted by Gasteiger charge is -2.34. The molecule has 0 amide bonds.